The summed E-state index contributed by atoms with van der Waals surface area (Å²) in [7, 11) is 0. The highest BCUT2D eigenvalue weighted by atomic mass is 16.3. The molecule has 0 saturated carbocycles. The van der Waals surface area contributed by atoms with Crippen LogP contribution in [0.15, 0.2) is 36.9 Å². The predicted octanol–water partition coefficient (Wildman–Crippen LogP) is 1.65. The SMILES string of the molecule is O=C(Nc1cccc(-n2cnnc2)c1)N1CCCCC1CO. The van der Waals surface area contributed by atoms with Crippen LogP contribution in [0.25, 0.3) is 5.69 Å². The first-order valence-electron chi connectivity index (χ1n) is 7.41. The number of nitrogens with zero attached hydrogens (tertiary/aromatic N) is 4. The van der Waals surface area contributed by atoms with E-state index >= 15 is 0 Å². The predicted molar refractivity (Wildman–Crippen MR) is 81.8 cm³/mol. The number of rotatable bonds is 3. The Kier molecular flexibility index (Phi) is 4.34. The van der Waals surface area contributed by atoms with E-state index in [-0.39, 0.29) is 18.7 Å². The molecule has 1 saturated heterocycles. The van der Waals surface area contributed by atoms with Crippen LogP contribution in [0.3, 0.4) is 0 Å². The Morgan fingerprint density at radius 2 is 2.14 bits per heavy atom. The average molecular weight is 301 g/mol. The van der Waals surface area contributed by atoms with Crippen LogP contribution in [0.2, 0.25) is 0 Å². The molecule has 1 fully saturated rings. The summed E-state index contributed by atoms with van der Waals surface area (Å²) < 4.78 is 1.77. The van der Waals surface area contributed by atoms with E-state index < -0.39 is 0 Å². The lowest BCUT2D eigenvalue weighted by atomic mass is 10.0. The third-order valence-electron chi connectivity index (χ3n) is 3.91. The highest BCUT2D eigenvalue weighted by molar-refractivity contribution is 5.90. The number of aliphatic hydroxyl groups is 1. The number of hydrogen-bond acceptors (Lipinski definition) is 4. The van der Waals surface area contributed by atoms with Crippen LogP contribution in [0.5, 0.6) is 0 Å². The van der Waals surface area contributed by atoms with Gasteiger partial charge in [0.15, 0.2) is 0 Å². The lowest BCUT2D eigenvalue weighted by Crippen LogP contribution is -2.47. The van der Waals surface area contributed by atoms with E-state index in [9.17, 15) is 9.90 Å². The van der Waals surface area contributed by atoms with E-state index in [1.807, 2.05) is 24.3 Å². The van der Waals surface area contributed by atoms with Crippen molar-refractivity contribution in [1.29, 1.82) is 0 Å². The molecule has 0 radical (unpaired) electrons. The molecule has 0 bridgehead atoms. The third-order valence-corrected chi connectivity index (χ3v) is 3.91. The average Bonchev–Trinajstić information content (AvgIpc) is 3.09. The molecule has 22 heavy (non-hydrogen) atoms. The number of benzene rings is 1. The number of nitrogens with one attached hydrogen (secondary N) is 1. The van der Waals surface area contributed by atoms with Gasteiger partial charge in [0.05, 0.1) is 18.3 Å². The van der Waals surface area contributed by atoms with Crippen LogP contribution in [0.4, 0.5) is 10.5 Å². The number of aromatic nitrogens is 3. The van der Waals surface area contributed by atoms with Gasteiger partial charge in [0, 0.05) is 12.2 Å². The maximum Gasteiger partial charge on any atom is 0.322 e. The van der Waals surface area contributed by atoms with Crippen LogP contribution in [-0.4, -0.2) is 50.0 Å². The Morgan fingerprint density at radius 1 is 1.32 bits per heavy atom. The number of hydrogen-bond donors (Lipinski definition) is 2. The fourth-order valence-electron chi connectivity index (χ4n) is 2.73. The van der Waals surface area contributed by atoms with Crippen molar-refractivity contribution < 1.29 is 9.90 Å². The van der Waals surface area contributed by atoms with Crippen molar-refractivity contribution in [2.75, 3.05) is 18.5 Å². The van der Waals surface area contributed by atoms with Gasteiger partial charge in [-0.05, 0) is 37.5 Å². The molecule has 1 unspecified atom stereocenters. The van der Waals surface area contributed by atoms with Crippen molar-refractivity contribution >= 4 is 11.7 Å². The molecular weight excluding hydrogens is 282 g/mol. The molecule has 2 N–H and O–H groups in total. The van der Waals surface area contributed by atoms with Gasteiger partial charge in [-0.15, -0.1) is 10.2 Å². The molecule has 2 amide bonds. The second-order valence-corrected chi connectivity index (χ2v) is 5.38. The van der Waals surface area contributed by atoms with Gasteiger partial charge >= 0.3 is 6.03 Å². The van der Waals surface area contributed by atoms with Gasteiger partial charge in [0.1, 0.15) is 12.7 Å². The van der Waals surface area contributed by atoms with Crippen LogP contribution >= 0.6 is 0 Å². The molecule has 1 aromatic carbocycles. The Hall–Kier alpha value is -2.41. The van der Waals surface area contributed by atoms with E-state index in [2.05, 4.69) is 15.5 Å². The number of carbonyl (C=O) groups is 1. The lowest BCUT2D eigenvalue weighted by Gasteiger charge is -2.34. The number of amides is 2. The molecule has 7 heteroatoms. The van der Waals surface area contributed by atoms with Crippen LogP contribution < -0.4 is 5.32 Å². The molecule has 2 heterocycles. The number of aliphatic hydroxyl groups excluding tert-OH is 1. The van der Waals surface area contributed by atoms with Gasteiger partial charge in [-0.25, -0.2) is 4.79 Å². The molecule has 0 spiro atoms. The Labute approximate surface area is 128 Å². The van der Waals surface area contributed by atoms with Crippen molar-refractivity contribution in [2.24, 2.45) is 0 Å². The summed E-state index contributed by atoms with van der Waals surface area (Å²) in [5.74, 6) is 0. The normalized spacial score (nSPS) is 18.2. The van der Waals surface area contributed by atoms with Crippen LogP contribution in [0.1, 0.15) is 19.3 Å². The summed E-state index contributed by atoms with van der Waals surface area (Å²) in [6.07, 6.45) is 6.09. The molecule has 116 valence electrons. The second-order valence-electron chi connectivity index (χ2n) is 5.38. The number of anilines is 1. The van der Waals surface area contributed by atoms with Crippen molar-refractivity contribution in [1.82, 2.24) is 19.7 Å². The van der Waals surface area contributed by atoms with Gasteiger partial charge in [-0.3, -0.25) is 4.57 Å². The van der Waals surface area contributed by atoms with Gasteiger partial charge < -0.3 is 15.3 Å². The largest absolute Gasteiger partial charge is 0.394 e. The standard InChI is InChI=1S/C15H19N5O2/c21-9-14-5-1-2-7-20(14)15(22)18-12-4-3-6-13(8-12)19-10-16-17-11-19/h3-4,6,8,10-11,14,21H,1-2,5,7,9H2,(H,18,22). The number of urea groups is 1. The van der Waals surface area contributed by atoms with E-state index in [0.717, 1.165) is 24.9 Å². The van der Waals surface area contributed by atoms with E-state index in [4.69, 9.17) is 0 Å². The van der Waals surface area contributed by atoms with Crippen molar-refractivity contribution in [3.63, 3.8) is 0 Å². The highest BCUT2D eigenvalue weighted by Gasteiger charge is 2.26. The summed E-state index contributed by atoms with van der Waals surface area (Å²) in [6.45, 7) is 0.691. The zero-order valence-electron chi connectivity index (χ0n) is 12.2. The van der Waals surface area contributed by atoms with E-state index in [1.54, 1.807) is 22.1 Å². The maximum atomic E-state index is 12.4. The zero-order valence-corrected chi connectivity index (χ0v) is 12.2. The molecule has 2 aromatic rings. The summed E-state index contributed by atoms with van der Waals surface area (Å²) in [5, 5.41) is 19.9. The van der Waals surface area contributed by atoms with E-state index in [1.165, 1.54) is 0 Å². The quantitative estimate of drug-likeness (QED) is 0.903. The smallest absolute Gasteiger partial charge is 0.322 e. The third kappa shape index (κ3) is 3.09. The molecule has 1 atom stereocenters. The highest BCUT2D eigenvalue weighted by Crippen LogP contribution is 2.19. The fourth-order valence-corrected chi connectivity index (χ4v) is 2.73. The van der Waals surface area contributed by atoms with Gasteiger partial charge in [-0.1, -0.05) is 6.07 Å². The lowest BCUT2D eigenvalue weighted by molar-refractivity contribution is 0.115. The second kappa shape index (κ2) is 6.57. The van der Waals surface area contributed by atoms with Crippen LogP contribution in [-0.2, 0) is 0 Å². The Bertz CT molecular complexity index is 629. The summed E-state index contributed by atoms with van der Waals surface area (Å²) in [5.41, 5.74) is 1.58. The zero-order chi connectivity index (χ0) is 15.4. The molecule has 3 rings (SSSR count). The first-order valence-corrected chi connectivity index (χ1v) is 7.41. The summed E-state index contributed by atoms with van der Waals surface area (Å²) in [6, 6.07) is 7.22. The van der Waals surface area contributed by atoms with Crippen molar-refractivity contribution in [2.45, 2.75) is 25.3 Å². The van der Waals surface area contributed by atoms with Crippen LogP contribution in [0, 0.1) is 0 Å². The monoisotopic (exact) mass is 301 g/mol. The minimum Gasteiger partial charge on any atom is -0.394 e. The molecule has 0 aliphatic carbocycles. The van der Waals surface area contributed by atoms with Gasteiger partial charge in [-0.2, -0.15) is 0 Å². The Morgan fingerprint density at radius 3 is 2.91 bits per heavy atom. The van der Waals surface area contributed by atoms with Crippen molar-refractivity contribution in [3.05, 3.63) is 36.9 Å². The first kappa shape index (κ1) is 14.5. The molecular formula is C15H19N5O2. The first-order chi connectivity index (χ1) is 10.8. The number of piperidine rings is 1. The van der Waals surface area contributed by atoms with Crippen molar-refractivity contribution in [3.8, 4) is 5.69 Å². The fraction of sp³-hybridized carbons (Fsp3) is 0.400. The van der Waals surface area contributed by atoms with Gasteiger partial charge in [0.2, 0.25) is 0 Å². The topological polar surface area (TPSA) is 83.3 Å². The number of likely N-dealkylation sites (tertiary alicyclic amines) is 1. The number of carbonyl (C=O) groups excluding carboxylic acids is 1. The molecule has 1 aliphatic heterocycles. The van der Waals surface area contributed by atoms with Gasteiger partial charge in [0.25, 0.3) is 0 Å². The minimum atomic E-state index is -0.167. The molecule has 7 nitrogen and oxygen atoms in total. The molecule has 1 aromatic heterocycles. The summed E-state index contributed by atoms with van der Waals surface area (Å²) in [4.78, 5) is 14.1. The maximum absolute atomic E-state index is 12.4. The molecule has 1 aliphatic rings. The minimum absolute atomic E-state index is 0.00810. The summed E-state index contributed by atoms with van der Waals surface area (Å²) >= 11 is 0. The Balaban J connectivity index is 1.72. The van der Waals surface area contributed by atoms with E-state index in [0.29, 0.717) is 12.2 Å².